The minimum atomic E-state index is -4.17. The average molecular weight is 540 g/mol. The monoisotopic (exact) mass is 538 g/mol. The van der Waals surface area contributed by atoms with Crippen LogP contribution < -0.4 is 0 Å². The van der Waals surface area contributed by atoms with Crippen LogP contribution in [0.3, 0.4) is 0 Å². The molecule has 3 aromatic carbocycles. The van der Waals surface area contributed by atoms with Gasteiger partial charge in [-0.25, -0.2) is 8.42 Å². The Morgan fingerprint density at radius 3 is 2.13 bits per heavy atom. The van der Waals surface area contributed by atoms with E-state index in [1.54, 1.807) is 36.4 Å². The molecular weight excluding hydrogens is 523 g/mol. The summed E-state index contributed by atoms with van der Waals surface area (Å²) in [6.45, 7) is 1.82. The Hall–Kier alpha value is -1.99. The Bertz CT molecular complexity index is 1240. The zero-order chi connectivity index (χ0) is 22.8. The number of aryl methyl sites for hydroxylation is 1. The third-order valence-corrected chi connectivity index (χ3v) is 7.89. The highest BCUT2D eigenvalue weighted by Gasteiger charge is 2.37. The third kappa shape index (κ3) is 5.44. The van der Waals surface area contributed by atoms with E-state index in [0.717, 1.165) is 10.0 Å². The highest BCUT2D eigenvalue weighted by atomic mass is 79.9. The van der Waals surface area contributed by atoms with Crippen molar-refractivity contribution in [1.82, 2.24) is 0 Å². The van der Waals surface area contributed by atoms with Gasteiger partial charge in [0.25, 0.3) is 0 Å². The molecule has 0 aliphatic carbocycles. The standard InChI is InChI=1S/C23H17BrCl2O4S/c1-14-2-9-18(10-3-14)31(29,30)22(13-21(27)15-4-6-16(24)7-5-15)23(28)19-11-8-17(25)12-20(19)26/h2-12,22H,13H2,1H3/t22-/m0/s1. The van der Waals surface area contributed by atoms with E-state index < -0.39 is 33.1 Å². The molecule has 8 heteroatoms. The van der Waals surface area contributed by atoms with E-state index in [-0.39, 0.29) is 15.5 Å². The number of carbonyl (C=O) groups is 2. The van der Waals surface area contributed by atoms with E-state index in [9.17, 15) is 18.0 Å². The molecule has 0 aliphatic rings. The molecule has 0 heterocycles. The molecule has 0 radical (unpaired) electrons. The molecule has 3 rings (SSSR count). The van der Waals surface area contributed by atoms with Gasteiger partial charge >= 0.3 is 0 Å². The van der Waals surface area contributed by atoms with Crippen molar-refractivity contribution in [2.24, 2.45) is 0 Å². The second-order valence-corrected chi connectivity index (χ2v) is 10.9. The van der Waals surface area contributed by atoms with Crippen LogP contribution in [0.5, 0.6) is 0 Å². The van der Waals surface area contributed by atoms with Crippen LogP contribution in [0.1, 0.15) is 32.7 Å². The lowest BCUT2D eigenvalue weighted by atomic mass is 10.0. The molecule has 0 N–H and O–H groups in total. The molecule has 0 aliphatic heterocycles. The molecule has 31 heavy (non-hydrogen) atoms. The largest absolute Gasteiger partial charge is 0.294 e. The van der Waals surface area contributed by atoms with Crippen molar-refractivity contribution in [2.75, 3.05) is 0 Å². The fraction of sp³-hybridized carbons (Fsp3) is 0.130. The van der Waals surface area contributed by atoms with Gasteiger partial charge in [0, 0.05) is 27.0 Å². The van der Waals surface area contributed by atoms with Crippen LogP contribution in [0.4, 0.5) is 0 Å². The van der Waals surface area contributed by atoms with E-state index in [2.05, 4.69) is 15.9 Å². The second kappa shape index (κ2) is 9.65. The Morgan fingerprint density at radius 1 is 0.935 bits per heavy atom. The topological polar surface area (TPSA) is 68.3 Å². The molecule has 0 saturated heterocycles. The quantitative estimate of drug-likeness (QED) is 0.327. The summed E-state index contributed by atoms with van der Waals surface area (Å²) in [5.74, 6) is -1.22. The summed E-state index contributed by atoms with van der Waals surface area (Å²) in [5.41, 5.74) is 1.17. The van der Waals surface area contributed by atoms with Gasteiger partial charge < -0.3 is 0 Å². The van der Waals surface area contributed by atoms with Gasteiger partial charge in [-0.3, -0.25) is 9.59 Å². The first-order valence-electron chi connectivity index (χ1n) is 9.18. The average Bonchev–Trinajstić information content (AvgIpc) is 2.72. The number of hydrogen-bond acceptors (Lipinski definition) is 4. The van der Waals surface area contributed by atoms with Crippen LogP contribution in [0.2, 0.25) is 10.0 Å². The molecule has 0 unspecified atom stereocenters. The molecule has 4 nitrogen and oxygen atoms in total. The van der Waals surface area contributed by atoms with Gasteiger partial charge in [-0.2, -0.15) is 0 Å². The highest BCUT2D eigenvalue weighted by molar-refractivity contribution is 9.10. The molecule has 0 aromatic heterocycles. The predicted octanol–water partition coefficient (Wildman–Crippen LogP) is 6.36. The maximum atomic E-state index is 13.4. The van der Waals surface area contributed by atoms with Crippen molar-refractivity contribution in [1.29, 1.82) is 0 Å². The molecule has 1 atom stereocenters. The molecule has 0 bridgehead atoms. The molecular formula is C23H17BrCl2O4S. The Balaban J connectivity index is 2.06. The van der Waals surface area contributed by atoms with Crippen LogP contribution >= 0.6 is 39.1 Å². The van der Waals surface area contributed by atoms with Crippen molar-refractivity contribution >= 4 is 60.5 Å². The van der Waals surface area contributed by atoms with Crippen molar-refractivity contribution in [3.05, 3.63) is 97.9 Å². The fourth-order valence-electron chi connectivity index (χ4n) is 3.02. The number of Topliss-reactive ketones (excluding diaryl/α,β-unsaturated/α-hetero) is 2. The number of rotatable bonds is 7. The molecule has 0 amide bonds. The Morgan fingerprint density at radius 2 is 1.55 bits per heavy atom. The lowest BCUT2D eigenvalue weighted by molar-refractivity contribution is 0.0920. The fourth-order valence-corrected chi connectivity index (χ4v) is 5.41. The minimum absolute atomic E-state index is 0.00430. The van der Waals surface area contributed by atoms with E-state index in [1.807, 2.05) is 6.92 Å². The lowest BCUT2D eigenvalue weighted by Crippen LogP contribution is -2.33. The van der Waals surface area contributed by atoms with E-state index >= 15 is 0 Å². The maximum absolute atomic E-state index is 13.4. The smallest absolute Gasteiger partial charge is 0.189 e. The van der Waals surface area contributed by atoms with Crippen LogP contribution in [-0.4, -0.2) is 25.2 Å². The summed E-state index contributed by atoms with van der Waals surface area (Å²) in [6.07, 6.45) is -0.518. The summed E-state index contributed by atoms with van der Waals surface area (Å²) >= 11 is 15.4. The summed E-state index contributed by atoms with van der Waals surface area (Å²) < 4.78 is 27.6. The van der Waals surface area contributed by atoms with Crippen molar-refractivity contribution in [3.63, 3.8) is 0 Å². The zero-order valence-corrected chi connectivity index (χ0v) is 20.2. The first-order chi connectivity index (χ1) is 14.6. The summed E-state index contributed by atoms with van der Waals surface area (Å²) in [7, 11) is -4.17. The molecule has 0 fully saturated rings. The number of carbonyl (C=O) groups excluding carboxylic acids is 2. The van der Waals surface area contributed by atoms with Crippen LogP contribution in [0.15, 0.2) is 76.1 Å². The first kappa shape index (κ1) is 23.7. The summed E-state index contributed by atoms with van der Waals surface area (Å²) in [6, 6.07) is 16.8. The van der Waals surface area contributed by atoms with Crippen molar-refractivity contribution in [3.8, 4) is 0 Å². The minimum Gasteiger partial charge on any atom is -0.294 e. The lowest BCUT2D eigenvalue weighted by Gasteiger charge is -2.17. The van der Waals surface area contributed by atoms with Crippen LogP contribution in [0, 0.1) is 6.92 Å². The van der Waals surface area contributed by atoms with Crippen LogP contribution in [0.25, 0.3) is 0 Å². The Kier molecular flexibility index (Phi) is 7.37. The van der Waals surface area contributed by atoms with Gasteiger partial charge in [-0.05, 0) is 49.4 Å². The molecule has 0 spiro atoms. The molecule has 0 saturated carbocycles. The van der Waals surface area contributed by atoms with E-state index in [4.69, 9.17) is 23.2 Å². The first-order valence-corrected chi connectivity index (χ1v) is 12.3. The number of sulfone groups is 1. The van der Waals surface area contributed by atoms with Crippen molar-refractivity contribution < 1.29 is 18.0 Å². The van der Waals surface area contributed by atoms with Crippen molar-refractivity contribution in [2.45, 2.75) is 23.5 Å². The van der Waals surface area contributed by atoms with Gasteiger partial charge in [0.05, 0.1) is 9.92 Å². The number of ketones is 2. The van der Waals surface area contributed by atoms with Gasteiger partial charge in [0.2, 0.25) is 0 Å². The summed E-state index contributed by atoms with van der Waals surface area (Å²) in [4.78, 5) is 26.2. The normalized spacial score (nSPS) is 12.4. The SMILES string of the molecule is Cc1ccc(S(=O)(=O)[C@@H](CC(=O)c2ccc(Br)cc2)C(=O)c2ccc(Cl)cc2Cl)cc1. The van der Waals surface area contributed by atoms with Crippen LogP contribution in [-0.2, 0) is 9.84 Å². The third-order valence-electron chi connectivity index (χ3n) is 4.75. The van der Waals surface area contributed by atoms with Gasteiger partial charge in [0.15, 0.2) is 21.4 Å². The van der Waals surface area contributed by atoms with E-state index in [1.165, 1.54) is 30.3 Å². The molecule has 160 valence electrons. The predicted molar refractivity (Wildman–Crippen MR) is 126 cm³/mol. The number of halogens is 3. The zero-order valence-electron chi connectivity index (χ0n) is 16.3. The Labute approximate surface area is 199 Å². The number of hydrogen-bond donors (Lipinski definition) is 0. The van der Waals surface area contributed by atoms with Gasteiger partial charge in [-0.1, -0.05) is 69.0 Å². The molecule has 3 aromatic rings. The second-order valence-electron chi connectivity index (χ2n) is 6.97. The van der Waals surface area contributed by atoms with E-state index in [0.29, 0.717) is 10.6 Å². The maximum Gasteiger partial charge on any atom is 0.189 e. The van der Waals surface area contributed by atoms with Gasteiger partial charge in [-0.15, -0.1) is 0 Å². The van der Waals surface area contributed by atoms with Gasteiger partial charge in [0.1, 0.15) is 5.25 Å². The highest BCUT2D eigenvalue weighted by Crippen LogP contribution is 2.28. The summed E-state index contributed by atoms with van der Waals surface area (Å²) in [5, 5.41) is -1.30. The number of benzene rings is 3.